The summed E-state index contributed by atoms with van der Waals surface area (Å²) in [6.45, 7) is 5.09. The predicted molar refractivity (Wildman–Crippen MR) is 98.5 cm³/mol. The largest absolute Gasteiger partial charge is 0.309 e. The molecule has 0 bridgehead atoms. The smallest absolute Gasteiger partial charge is 0.0874 e. The zero-order valence-electron chi connectivity index (χ0n) is 14.6. The molecule has 0 aliphatic carbocycles. The fourth-order valence-corrected chi connectivity index (χ4v) is 2.94. The summed E-state index contributed by atoms with van der Waals surface area (Å²) in [7, 11) is 4.12. The Morgan fingerprint density at radius 3 is 2.48 bits per heavy atom. The molecular formula is C21H26N2. The van der Waals surface area contributed by atoms with Crippen LogP contribution in [0.25, 0.3) is 10.8 Å². The van der Waals surface area contributed by atoms with Crippen LogP contribution in [0.3, 0.4) is 0 Å². The van der Waals surface area contributed by atoms with Gasteiger partial charge in [0, 0.05) is 0 Å². The summed E-state index contributed by atoms with van der Waals surface area (Å²) in [5.74, 6) is 0. The van der Waals surface area contributed by atoms with Crippen molar-refractivity contribution < 1.29 is 0 Å². The van der Waals surface area contributed by atoms with Gasteiger partial charge in [0.1, 0.15) is 0 Å². The Bertz CT molecular complexity index is 728. The molecule has 2 aromatic carbocycles. The minimum atomic E-state index is -0.484. The summed E-state index contributed by atoms with van der Waals surface area (Å²) in [5, 5.41) is 12.5. The Kier molecular flexibility index (Phi) is 5.58. The topological polar surface area (TPSA) is 27.0 Å². The molecule has 2 heteroatoms. The van der Waals surface area contributed by atoms with Crippen molar-refractivity contribution in [2.24, 2.45) is 0 Å². The van der Waals surface area contributed by atoms with Crippen molar-refractivity contribution in [3.8, 4) is 6.07 Å². The molecule has 0 amide bonds. The van der Waals surface area contributed by atoms with Crippen molar-refractivity contribution in [2.75, 3.05) is 20.6 Å². The number of rotatable bonds is 6. The summed E-state index contributed by atoms with van der Waals surface area (Å²) < 4.78 is 0. The zero-order chi connectivity index (χ0) is 16.9. The van der Waals surface area contributed by atoms with Crippen molar-refractivity contribution in [3.05, 3.63) is 59.7 Å². The molecule has 2 rings (SSSR count). The van der Waals surface area contributed by atoms with Gasteiger partial charge in [-0.15, -0.1) is 0 Å². The number of hydrogen-bond acceptors (Lipinski definition) is 2. The van der Waals surface area contributed by atoms with E-state index in [1.54, 1.807) is 0 Å². The lowest BCUT2D eigenvalue weighted by atomic mass is 9.74. The third-order valence-corrected chi connectivity index (χ3v) is 4.36. The summed E-state index contributed by atoms with van der Waals surface area (Å²) in [4.78, 5) is 2.15. The molecule has 2 nitrogen and oxygen atoms in total. The van der Waals surface area contributed by atoms with Crippen LogP contribution >= 0.6 is 0 Å². The molecule has 1 unspecified atom stereocenters. The van der Waals surface area contributed by atoms with E-state index in [0.29, 0.717) is 0 Å². The number of fused-ring (bicyclic) bond motifs is 1. The number of nitriles is 1. The number of nitrogens with zero attached hydrogens (tertiary/aromatic N) is 2. The van der Waals surface area contributed by atoms with Crippen LogP contribution in [0, 0.1) is 11.3 Å². The second-order valence-corrected chi connectivity index (χ2v) is 6.76. The Morgan fingerprint density at radius 1 is 1.13 bits per heavy atom. The monoisotopic (exact) mass is 306 g/mol. The number of hydrogen-bond donors (Lipinski definition) is 0. The van der Waals surface area contributed by atoms with Gasteiger partial charge in [-0.25, -0.2) is 0 Å². The molecule has 0 aromatic heterocycles. The van der Waals surface area contributed by atoms with E-state index in [1.165, 1.54) is 16.3 Å². The van der Waals surface area contributed by atoms with Crippen LogP contribution < -0.4 is 0 Å². The van der Waals surface area contributed by atoms with Gasteiger partial charge >= 0.3 is 0 Å². The highest BCUT2D eigenvalue weighted by Gasteiger charge is 2.32. The van der Waals surface area contributed by atoms with Gasteiger partial charge in [0.2, 0.25) is 0 Å². The van der Waals surface area contributed by atoms with Gasteiger partial charge in [0.15, 0.2) is 0 Å². The Hall–Kier alpha value is -2.11. The van der Waals surface area contributed by atoms with Crippen LogP contribution in [0.2, 0.25) is 0 Å². The summed E-state index contributed by atoms with van der Waals surface area (Å²) in [5.41, 5.74) is 1.93. The minimum Gasteiger partial charge on any atom is -0.309 e. The van der Waals surface area contributed by atoms with Crippen LogP contribution in [0.1, 0.15) is 32.3 Å². The molecule has 2 aromatic rings. The molecule has 0 N–H and O–H groups in total. The Balaban J connectivity index is 2.58. The van der Waals surface area contributed by atoms with E-state index in [2.05, 4.69) is 87.5 Å². The third kappa shape index (κ3) is 4.00. The molecule has 0 saturated carbocycles. The summed E-state index contributed by atoms with van der Waals surface area (Å²) in [6.07, 6.45) is 3.78. The molecule has 0 fully saturated rings. The first-order valence-electron chi connectivity index (χ1n) is 8.16. The number of allylic oxidation sites excluding steroid dienone is 2. The Morgan fingerprint density at radius 2 is 1.83 bits per heavy atom. The molecule has 0 heterocycles. The van der Waals surface area contributed by atoms with Gasteiger partial charge in [0.05, 0.1) is 11.5 Å². The minimum absolute atomic E-state index is 0.484. The first-order valence-corrected chi connectivity index (χ1v) is 8.16. The van der Waals surface area contributed by atoms with Crippen molar-refractivity contribution >= 4 is 10.8 Å². The zero-order valence-corrected chi connectivity index (χ0v) is 14.6. The van der Waals surface area contributed by atoms with Crippen LogP contribution in [0.4, 0.5) is 0 Å². The highest BCUT2D eigenvalue weighted by atomic mass is 15.0. The first kappa shape index (κ1) is 17.2. The van der Waals surface area contributed by atoms with E-state index in [0.717, 1.165) is 24.9 Å². The number of benzene rings is 2. The van der Waals surface area contributed by atoms with Crippen LogP contribution in [-0.2, 0) is 5.41 Å². The normalized spacial score (nSPS) is 13.6. The quantitative estimate of drug-likeness (QED) is 0.709. The molecule has 1 atom stereocenters. The van der Waals surface area contributed by atoms with Crippen molar-refractivity contribution in [2.45, 2.75) is 32.1 Å². The lowest BCUT2D eigenvalue weighted by molar-refractivity contribution is 0.354. The second kappa shape index (κ2) is 7.44. The van der Waals surface area contributed by atoms with Gasteiger partial charge in [-0.05, 0) is 63.7 Å². The predicted octanol–water partition coefficient (Wildman–Crippen LogP) is 4.91. The molecule has 0 saturated heterocycles. The van der Waals surface area contributed by atoms with Crippen molar-refractivity contribution in [1.29, 1.82) is 5.26 Å². The molecule has 120 valence electrons. The van der Waals surface area contributed by atoms with E-state index >= 15 is 0 Å². The molecule has 0 radical (unpaired) electrons. The highest BCUT2D eigenvalue weighted by Crippen LogP contribution is 2.37. The summed E-state index contributed by atoms with van der Waals surface area (Å²) in [6, 6.07) is 17.3. The van der Waals surface area contributed by atoms with Crippen molar-refractivity contribution in [3.63, 3.8) is 0 Å². The van der Waals surface area contributed by atoms with Gasteiger partial charge in [-0.2, -0.15) is 5.26 Å². The molecule has 0 aliphatic rings. The second-order valence-electron chi connectivity index (χ2n) is 6.76. The van der Waals surface area contributed by atoms with E-state index in [9.17, 15) is 5.26 Å². The third-order valence-electron chi connectivity index (χ3n) is 4.36. The van der Waals surface area contributed by atoms with Crippen LogP contribution in [-0.4, -0.2) is 25.5 Å². The highest BCUT2D eigenvalue weighted by molar-refractivity contribution is 5.87. The van der Waals surface area contributed by atoms with Gasteiger partial charge in [-0.3, -0.25) is 0 Å². The van der Waals surface area contributed by atoms with Gasteiger partial charge < -0.3 is 4.90 Å². The fourth-order valence-electron chi connectivity index (χ4n) is 2.94. The van der Waals surface area contributed by atoms with E-state index in [4.69, 9.17) is 0 Å². The first-order chi connectivity index (χ1) is 11.0. The summed E-state index contributed by atoms with van der Waals surface area (Å²) >= 11 is 0. The molecule has 0 spiro atoms. The lowest BCUT2D eigenvalue weighted by Crippen LogP contribution is -2.29. The van der Waals surface area contributed by atoms with Gasteiger partial charge in [-0.1, -0.05) is 54.1 Å². The van der Waals surface area contributed by atoms with Gasteiger partial charge in [0.25, 0.3) is 0 Å². The van der Waals surface area contributed by atoms with Crippen LogP contribution in [0.5, 0.6) is 0 Å². The molecular weight excluding hydrogens is 280 g/mol. The van der Waals surface area contributed by atoms with E-state index in [-0.39, 0.29) is 0 Å². The Labute approximate surface area is 140 Å². The average molecular weight is 306 g/mol. The van der Waals surface area contributed by atoms with E-state index in [1.807, 2.05) is 0 Å². The fraction of sp³-hybridized carbons (Fsp3) is 0.381. The molecule has 0 aliphatic heterocycles. The molecule has 23 heavy (non-hydrogen) atoms. The standard InChI is InChI=1S/C21H26N2/c1-17(2)12-13-21(16-22,14-15-23(3)4)20-11-7-9-18-8-5-6-10-19(18)20/h5-12H,13-15H2,1-4H3. The lowest BCUT2D eigenvalue weighted by Gasteiger charge is -2.29. The average Bonchev–Trinajstić information content (AvgIpc) is 2.55. The van der Waals surface area contributed by atoms with Crippen molar-refractivity contribution in [1.82, 2.24) is 4.90 Å². The SMILES string of the molecule is CC(C)=CCC(C#N)(CCN(C)C)c1cccc2ccccc12. The van der Waals surface area contributed by atoms with Crippen LogP contribution in [0.15, 0.2) is 54.1 Å². The maximum atomic E-state index is 10.1. The maximum Gasteiger partial charge on any atom is 0.0874 e. The maximum absolute atomic E-state index is 10.1. The van der Waals surface area contributed by atoms with E-state index < -0.39 is 5.41 Å².